The van der Waals surface area contributed by atoms with Crippen molar-refractivity contribution in [3.8, 4) is 0 Å². The predicted octanol–water partition coefficient (Wildman–Crippen LogP) is 1.88. The van der Waals surface area contributed by atoms with Crippen LogP contribution in [0.4, 0.5) is 4.39 Å². The third-order valence-corrected chi connectivity index (χ3v) is 1.98. The lowest BCUT2D eigenvalue weighted by molar-refractivity contribution is 0.0528. The van der Waals surface area contributed by atoms with Crippen LogP contribution in [-0.4, -0.2) is 22.5 Å². The average Bonchev–Trinajstić information content (AvgIpc) is 2.60. The molecule has 0 fully saturated rings. The summed E-state index contributed by atoms with van der Waals surface area (Å²) in [7, 11) is 0. The highest BCUT2D eigenvalue weighted by Gasteiger charge is 2.14. The second-order valence-electron chi connectivity index (χ2n) is 2.97. The molecular formula is C10H9FN2O2. The van der Waals surface area contributed by atoms with Crippen molar-refractivity contribution in [3.05, 3.63) is 29.8 Å². The summed E-state index contributed by atoms with van der Waals surface area (Å²) in [5.41, 5.74) is 1.24. The third-order valence-electron chi connectivity index (χ3n) is 1.98. The highest BCUT2D eigenvalue weighted by atomic mass is 19.1. The number of aromatic nitrogens is 2. The lowest BCUT2D eigenvalue weighted by Gasteiger charge is -1.98. The van der Waals surface area contributed by atoms with Gasteiger partial charge in [-0.25, -0.2) is 9.18 Å². The number of halogens is 1. The summed E-state index contributed by atoms with van der Waals surface area (Å²) < 4.78 is 17.6. The number of nitrogens with zero attached hydrogens (tertiary/aromatic N) is 1. The minimum Gasteiger partial charge on any atom is -0.462 e. The zero-order valence-corrected chi connectivity index (χ0v) is 8.08. The predicted molar refractivity (Wildman–Crippen MR) is 52.0 cm³/mol. The van der Waals surface area contributed by atoms with Crippen molar-refractivity contribution in [3.63, 3.8) is 0 Å². The number of ether oxygens (including phenoxy) is 1. The van der Waals surface area contributed by atoms with Crippen LogP contribution < -0.4 is 0 Å². The molecule has 0 saturated heterocycles. The topological polar surface area (TPSA) is 55.0 Å². The molecule has 2 aromatic heterocycles. The maximum Gasteiger partial charge on any atom is 0.341 e. The minimum absolute atomic E-state index is 0.298. The number of rotatable bonds is 2. The van der Waals surface area contributed by atoms with Gasteiger partial charge >= 0.3 is 5.97 Å². The Kier molecular flexibility index (Phi) is 2.37. The van der Waals surface area contributed by atoms with Gasteiger partial charge in [-0.05, 0) is 6.92 Å². The van der Waals surface area contributed by atoms with Crippen LogP contribution in [0.5, 0.6) is 0 Å². The van der Waals surface area contributed by atoms with Crippen LogP contribution >= 0.6 is 0 Å². The number of hydrogen-bond donors (Lipinski definition) is 1. The van der Waals surface area contributed by atoms with Crippen LogP contribution in [0.15, 0.2) is 18.5 Å². The van der Waals surface area contributed by atoms with Gasteiger partial charge in [0, 0.05) is 12.3 Å². The minimum atomic E-state index is -0.456. The standard InChI is InChI=1S/C10H9FN2O2/c1-2-15-10(14)7-5-12-8-3-6(11)4-13-9(7)8/h3-5,12H,2H2,1H3. The highest BCUT2D eigenvalue weighted by Crippen LogP contribution is 2.17. The monoisotopic (exact) mass is 208 g/mol. The number of carbonyl (C=O) groups excluding carboxylic acids is 1. The largest absolute Gasteiger partial charge is 0.462 e. The van der Waals surface area contributed by atoms with E-state index in [4.69, 9.17) is 4.74 Å². The molecule has 15 heavy (non-hydrogen) atoms. The zero-order valence-electron chi connectivity index (χ0n) is 8.08. The normalized spacial score (nSPS) is 10.5. The molecule has 0 amide bonds. The van der Waals surface area contributed by atoms with Gasteiger partial charge in [0.25, 0.3) is 0 Å². The van der Waals surface area contributed by atoms with E-state index in [1.807, 2.05) is 0 Å². The number of fused-ring (bicyclic) bond motifs is 1. The quantitative estimate of drug-likeness (QED) is 0.766. The summed E-state index contributed by atoms with van der Waals surface area (Å²) in [6.45, 7) is 2.02. The first-order valence-electron chi connectivity index (χ1n) is 4.52. The lowest BCUT2D eigenvalue weighted by Crippen LogP contribution is -2.03. The van der Waals surface area contributed by atoms with Crippen molar-refractivity contribution >= 4 is 17.0 Å². The van der Waals surface area contributed by atoms with Crippen molar-refractivity contribution < 1.29 is 13.9 Å². The molecule has 0 atom stereocenters. The van der Waals surface area contributed by atoms with Crippen LogP contribution in [0.1, 0.15) is 17.3 Å². The smallest absolute Gasteiger partial charge is 0.341 e. The fourth-order valence-electron chi connectivity index (χ4n) is 1.35. The molecule has 1 N–H and O–H groups in total. The first-order chi connectivity index (χ1) is 7.22. The second-order valence-corrected chi connectivity index (χ2v) is 2.97. The average molecular weight is 208 g/mol. The SMILES string of the molecule is CCOC(=O)c1c[nH]c2cc(F)cnc12. The Balaban J connectivity index is 2.49. The van der Waals surface area contributed by atoms with E-state index in [0.29, 0.717) is 23.2 Å². The van der Waals surface area contributed by atoms with Gasteiger partial charge in [0.2, 0.25) is 0 Å². The summed E-state index contributed by atoms with van der Waals surface area (Å²) in [5.74, 6) is -0.900. The third kappa shape index (κ3) is 1.68. The van der Waals surface area contributed by atoms with E-state index in [9.17, 15) is 9.18 Å². The van der Waals surface area contributed by atoms with E-state index >= 15 is 0 Å². The molecular weight excluding hydrogens is 199 g/mol. The lowest BCUT2D eigenvalue weighted by atomic mass is 10.2. The summed E-state index contributed by atoms with van der Waals surface area (Å²) >= 11 is 0. The van der Waals surface area contributed by atoms with Crippen molar-refractivity contribution in [1.29, 1.82) is 0 Å². The van der Waals surface area contributed by atoms with Gasteiger partial charge in [-0.1, -0.05) is 0 Å². The van der Waals surface area contributed by atoms with Gasteiger partial charge < -0.3 is 9.72 Å². The number of hydrogen-bond acceptors (Lipinski definition) is 3. The van der Waals surface area contributed by atoms with Crippen LogP contribution in [0.25, 0.3) is 11.0 Å². The first kappa shape index (κ1) is 9.64. The molecule has 0 radical (unpaired) electrons. The first-order valence-corrected chi connectivity index (χ1v) is 4.52. The van der Waals surface area contributed by atoms with Gasteiger partial charge in [0.1, 0.15) is 16.9 Å². The van der Waals surface area contributed by atoms with E-state index < -0.39 is 11.8 Å². The number of esters is 1. The molecule has 0 spiro atoms. The molecule has 2 aromatic rings. The van der Waals surface area contributed by atoms with E-state index in [1.165, 1.54) is 12.3 Å². The molecule has 0 unspecified atom stereocenters. The highest BCUT2D eigenvalue weighted by molar-refractivity contribution is 6.02. The molecule has 0 aliphatic carbocycles. The molecule has 0 bridgehead atoms. The van der Waals surface area contributed by atoms with Gasteiger partial charge in [-0.3, -0.25) is 4.98 Å². The van der Waals surface area contributed by atoms with E-state index in [1.54, 1.807) is 6.92 Å². The van der Waals surface area contributed by atoms with E-state index in [-0.39, 0.29) is 0 Å². The van der Waals surface area contributed by atoms with Crippen LogP contribution in [0.3, 0.4) is 0 Å². The second kappa shape index (κ2) is 3.68. The molecule has 0 aliphatic heterocycles. The molecule has 5 heteroatoms. The number of carbonyl (C=O) groups is 1. The van der Waals surface area contributed by atoms with Crippen LogP contribution in [-0.2, 0) is 4.74 Å². The van der Waals surface area contributed by atoms with Gasteiger partial charge in [0.05, 0.1) is 18.3 Å². The molecule has 0 aromatic carbocycles. The van der Waals surface area contributed by atoms with Crippen molar-refractivity contribution in [2.24, 2.45) is 0 Å². The Morgan fingerprint density at radius 1 is 1.67 bits per heavy atom. The number of aromatic amines is 1. The van der Waals surface area contributed by atoms with Gasteiger partial charge in [-0.15, -0.1) is 0 Å². The van der Waals surface area contributed by atoms with Crippen molar-refractivity contribution in [1.82, 2.24) is 9.97 Å². The fraction of sp³-hybridized carbons (Fsp3) is 0.200. The van der Waals surface area contributed by atoms with Gasteiger partial charge in [0.15, 0.2) is 0 Å². The number of pyridine rings is 1. The summed E-state index contributed by atoms with van der Waals surface area (Å²) in [6.07, 6.45) is 2.54. The maximum atomic E-state index is 12.8. The summed E-state index contributed by atoms with van der Waals surface area (Å²) in [5, 5.41) is 0. The molecule has 2 rings (SSSR count). The molecule has 0 saturated carbocycles. The number of H-pyrrole nitrogens is 1. The zero-order chi connectivity index (χ0) is 10.8. The molecule has 4 nitrogen and oxygen atoms in total. The van der Waals surface area contributed by atoms with Gasteiger partial charge in [-0.2, -0.15) is 0 Å². The van der Waals surface area contributed by atoms with Crippen LogP contribution in [0.2, 0.25) is 0 Å². The Morgan fingerprint density at radius 3 is 3.20 bits per heavy atom. The Labute approximate surface area is 85.1 Å². The number of nitrogens with one attached hydrogen (secondary N) is 1. The van der Waals surface area contributed by atoms with Crippen molar-refractivity contribution in [2.75, 3.05) is 6.61 Å². The Morgan fingerprint density at radius 2 is 2.47 bits per heavy atom. The molecule has 0 aliphatic rings. The Hall–Kier alpha value is -1.91. The molecule has 2 heterocycles. The molecule has 78 valence electrons. The fourth-order valence-corrected chi connectivity index (χ4v) is 1.35. The van der Waals surface area contributed by atoms with E-state index in [2.05, 4.69) is 9.97 Å². The Bertz CT molecular complexity index is 507. The summed E-state index contributed by atoms with van der Waals surface area (Å²) in [6, 6.07) is 1.28. The summed E-state index contributed by atoms with van der Waals surface area (Å²) in [4.78, 5) is 18.0. The maximum absolute atomic E-state index is 12.8. The van der Waals surface area contributed by atoms with Crippen LogP contribution in [0, 0.1) is 5.82 Å². The van der Waals surface area contributed by atoms with E-state index in [0.717, 1.165) is 6.20 Å². The van der Waals surface area contributed by atoms with Crippen molar-refractivity contribution in [2.45, 2.75) is 6.92 Å².